The van der Waals surface area contributed by atoms with Crippen LogP contribution in [0.5, 0.6) is 0 Å². The van der Waals surface area contributed by atoms with E-state index in [0.717, 1.165) is 50.9 Å². The van der Waals surface area contributed by atoms with Crippen LogP contribution in [0.25, 0.3) is 0 Å². The third-order valence-electron chi connectivity index (χ3n) is 4.49. The van der Waals surface area contributed by atoms with Crippen LogP contribution >= 0.6 is 0 Å². The molecule has 1 atom stereocenters. The van der Waals surface area contributed by atoms with Crippen molar-refractivity contribution in [3.05, 3.63) is 23.4 Å². The van der Waals surface area contributed by atoms with Gasteiger partial charge in [0, 0.05) is 12.2 Å². The molecule has 3 N–H and O–H groups in total. The number of aryl methyl sites for hydroxylation is 2. The summed E-state index contributed by atoms with van der Waals surface area (Å²) in [6.45, 7) is 3.24. The van der Waals surface area contributed by atoms with Gasteiger partial charge in [-0.2, -0.15) is 0 Å². The number of aromatic nitrogens is 1. The second-order valence-corrected chi connectivity index (χ2v) is 6.51. The maximum absolute atomic E-state index is 11.4. The Kier molecular flexibility index (Phi) is 8.02. The largest absolute Gasteiger partial charge is 0.465 e. The molecule has 0 spiro atoms. The van der Waals surface area contributed by atoms with Gasteiger partial charge in [0.15, 0.2) is 0 Å². The summed E-state index contributed by atoms with van der Waals surface area (Å²) in [5, 5.41) is 3.39. The zero-order valence-electron chi connectivity index (χ0n) is 14.9. The standard InChI is InChI=1S/C19H31N3O2/c1-2-24-19(23)17(20)11-7-5-3-4-6-10-16-13-12-15-9-8-14-21-18(15)22-16/h12-13,17H,2-11,14,20H2,1H3,(H,21,22)/t17-/m0/s1. The SMILES string of the molecule is CCOC(=O)[C@@H](N)CCCCCCCc1ccc2c(n1)NCCC2. The van der Waals surface area contributed by atoms with Crippen LogP contribution in [0.1, 0.15) is 63.1 Å². The minimum atomic E-state index is -0.461. The predicted octanol–water partition coefficient (Wildman–Crippen LogP) is 3.21. The van der Waals surface area contributed by atoms with Gasteiger partial charge < -0.3 is 15.8 Å². The molecule has 0 saturated heterocycles. The number of nitrogens with two attached hydrogens (primary N) is 1. The van der Waals surface area contributed by atoms with E-state index in [9.17, 15) is 4.79 Å². The third-order valence-corrected chi connectivity index (χ3v) is 4.49. The number of pyridine rings is 1. The van der Waals surface area contributed by atoms with Crippen molar-refractivity contribution in [1.82, 2.24) is 4.98 Å². The number of ether oxygens (including phenoxy) is 1. The maximum Gasteiger partial charge on any atom is 0.322 e. The molecule has 5 heteroatoms. The van der Waals surface area contributed by atoms with E-state index in [-0.39, 0.29) is 5.97 Å². The summed E-state index contributed by atoms with van der Waals surface area (Å²) < 4.78 is 4.91. The Morgan fingerprint density at radius 3 is 2.92 bits per heavy atom. The van der Waals surface area contributed by atoms with Gasteiger partial charge in [0.2, 0.25) is 0 Å². The van der Waals surface area contributed by atoms with Crippen molar-refractivity contribution in [2.45, 2.75) is 70.8 Å². The number of carbonyl (C=O) groups excluding carboxylic acids is 1. The summed E-state index contributed by atoms with van der Waals surface area (Å²) in [6, 6.07) is 3.93. The van der Waals surface area contributed by atoms with Crippen LogP contribution in [0.15, 0.2) is 12.1 Å². The zero-order valence-corrected chi connectivity index (χ0v) is 14.9. The van der Waals surface area contributed by atoms with Crippen molar-refractivity contribution in [2.24, 2.45) is 5.73 Å². The summed E-state index contributed by atoms with van der Waals surface area (Å²) in [4.78, 5) is 16.1. The highest BCUT2D eigenvalue weighted by molar-refractivity contribution is 5.75. The highest BCUT2D eigenvalue weighted by Crippen LogP contribution is 2.20. The molecule has 5 nitrogen and oxygen atoms in total. The van der Waals surface area contributed by atoms with Crippen molar-refractivity contribution < 1.29 is 9.53 Å². The molecule has 24 heavy (non-hydrogen) atoms. The molecule has 0 bridgehead atoms. The van der Waals surface area contributed by atoms with E-state index >= 15 is 0 Å². The second kappa shape index (κ2) is 10.3. The summed E-state index contributed by atoms with van der Waals surface area (Å²) in [7, 11) is 0. The molecule has 2 rings (SSSR count). The van der Waals surface area contributed by atoms with E-state index < -0.39 is 6.04 Å². The van der Waals surface area contributed by atoms with Crippen molar-refractivity contribution in [2.75, 3.05) is 18.5 Å². The van der Waals surface area contributed by atoms with Gasteiger partial charge in [0.1, 0.15) is 11.9 Å². The van der Waals surface area contributed by atoms with Crippen molar-refractivity contribution in [3.8, 4) is 0 Å². The number of fused-ring (bicyclic) bond motifs is 1. The Morgan fingerprint density at radius 2 is 2.08 bits per heavy atom. The number of esters is 1. The minimum Gasteiger partial charge on any atom is -0.465 e. The predicted molar refractivity (Wildman–Crippen MR) is 97.1 cm³/mol. The Morgan fingerprint density at radius 1 is 1.29 bits per heavy atom. The summed E-state index contributed by atoms with van der Waals surface area (Å²) >= 11 is 0. The lowest BCUT2D eigenvalue weighted by Gasteiger charge is -2.17. The molecule has 1 aromatic heterocycles. The smallest absolute Gasteiger partial charge is 0.322 e. The first-order valence-electron chi connectivity index (χ1n) is 9.35. The molecular weight excluding hydrogens is 302 g/mol. The lowest BCUT2D eigenvalue weighted by molar-refractivity contribution is -0.144. The van der Waals surface area contributed by atoms with E-state index in [1.807, 2.05) is 0 Å². The Hall–Kier alpha value is -1.62. The van der Waals surface area contributed by atoms with Crippen molar-refractivity contribution in [3.63, 3.8) is 0 Å². The van der Waals surface area contributed by atoms with Gasteiger partial charge >= 0.3 is 5.97 Å². The first-order valence-corrected chi connectivity index (χ1v) is 9.35. The lowest BCUT2D eigenvalue weighted by Crippen LogP contribution is -2.32. The minimum absolute atomic E-state index is 0.274. The number of anilines is 1. The quantitative estimate of drug-likeness (QED) is 0.508. The van der Waals surface area contributed by atoms with E-state index in [4.69, 9.17) is 15.5 Å². The first kappa shape index (κ1) is 18.7. The molecule has 0 aliphatic carbocycles. The van der Waals surface area contributed by atoms with Crippen molar-refractivity contribution >= 4 is 11.8 Å². The zero-order chi connectivity index (χ0) is 17.2. The van der Waals surface area contributed by atoms with Crippen molar-refractivity contribution in [1.29, 1.82) is 0 Å². The van der Waals surface area contributed by atoms with E-state index in [0.29, 0.717) is 6.61 Å². The highest BCUT2D eigenvalue weighted by Gasteiger charge is 2.13. The normalized spacial score (nSPS) is 14.6. The van der Waals surface area contributed by atoms with Crippen LogP contribution in [0.3, 0.4) is 0 Å². The molecule has 0 amide bonds. The van der Waals surface area contributed by atoms with Crippen LogP contribution in [0.2, 0.25) is 0 Å². The van der Waals surface area contributed by atoms with Crippen LogP contribution in [0.4, 0.5) is 5.82 Å². The second-order valence-electron chi connectivity index (χ2n) is 6.51. The van der Waals surface area contributed by atoms with Gasteiger partial charge in [-0.25, -0.2) is 4.98 Å². The molecule has 1 aliphatic rings. The molecule has 2 heterocycles. The molecular formula is C19H31N3O2. The molecule has 0 fully saturated rings. The molecule has 1 aromatic rings. The van der Waals surface area contributed by atoms with E-state index in [1.165, 1.54) is 30.5 Å². The molecule has 0 unspecified atom stereocenters. The number of carbonyl (C=O) groups is 1. The van der Waals surface area contributed by atoms with Crippen LogP contribution in [-0.4, -0.2) is 30.1 Å². The molecule has 0 saturated carbocycles. The third kappa shape index (κ3) is 6.11. The fourth-order valence-electron chi connectivity index (χ4n) is 3.08. The number of hydrogen-bond donors (Lipinski definition) is 2. The van der Waals surface area contributed by atoms with Gasteiger partial charge in [-0.1, -0.05) is 31.7 Å². The lowest BCUT2D eigenvalue weighted by atomic mass is 10.0. The molecule has 0 aromatic carbocycles. The number of nitrogens with zero attached hydrogens (tertiary/aromatic N) is 1. The van der Waals surface area contributed by atoms with Gasteiger partial charge in [-0.05, 0) is 50.7 Å². The average molecular weight is 333 g/mol. The Labute approximate surface area is 145 Å². The molecule has 0 radical (unpaired) electrons. The van der Waals surface area contributed by atoms with Gasteiger partial charge in [-0.15, -0.1) is 0 Å². The highest BCUT2D eigenvalue weighted by atomic mass is 16.5. The van der Waals surface area contributed by atoms with Gasteiger partial charge in [0.25, 0.3) is 0 Å². The van der Waals surface area contributed by atoms with Crippen LogP contribution < -0.4 is 11.1 Å². The number of unbranched alkanes of at least 4 members (excludes halogenated alkanes) is 4. The fraction of sp³-hybridized carbons (Fsp3) is 0.684. The maximum atomic E-state index is 11.4. The number of rotatable bonds is 10. The van der Waals surface area contributed by atoms with Gasteiger partial charge in [0.05, 0.1) is 6.61 Å². The van der Waals surface area contributed by atoms with Crippen LogP contribution in [-0.2, 0) is 22.4 Å². The monoisotopic (exact) mass is 333 g/mol. The first-order chi connectivity index (χ1) is 11.7. The van der Waals surface area contributed by atoms with Gasteiger partial charge in [-0.3, -0.25) is 4.79 Å². The number of nitrogens with one attached hydrogen (secondary N) is 1. The molecule has 1 aliphatic heterocycles. The number of hydrogen-bond acceptors (Lipinski definition) is 5. The summed E-state index contributed by atoms with van der Waals surface area (Å²) in [5.41, 5.74) is 8.32. The summed E-state index contributed by atoms with van der Waals surface area (Å²) in [6.07, 6.45) is 9.74. The Bertz CT molecular complexity index is 519. The fourth-order valence-corrected chi connectivity index (χ4v) is 3.08. The average Bonchev–Trinajstić information content (AvgIpc) is 2.60. The van der Waals surface area contributed by atoms with E-state index in [1.54, 1.807) is 6.92 Å². The Balaban J connectivity index is 1.55. The topological polar surface area (TPSA) is 77.2 Å². The van der Waals surface area contributed by atoms with E-state index in [2.05, 4.69) is 17.4 Å². The molecule has 134 valence electrons. The summed E-state index contributed by atoms with van der Waals surface area (Å²) in [5.74, 6) is 0.816. The van der Waals surface area contributed by atoms with Crippen LogP contribution in [0, 0.1) is 0 Å².